The second-order valence-electron chi connectivity index (χ2n) is 8.30. The smallest absolute Gasteiger partial charge is 0.275 e. The van der Waals surface area contributed by atoms with Crippen molar-refractivity contribution < 1.29 is 14.6 Å². The lowest BCUT2D eigenvalue weighted by Gasteiger charge is -2.30. The highest BCUT2D eigenvalue weighted by Crippen LogP contribution is 2.45. The summed E-state index contributed by atoms with van der Waals surface area (Å²) in [6.07, 6.45) is 1.65. The molecule has 0 saturated carbocycles. The summed E-state index contributed by atoms with van der Waals surface area (Å²) in [5.74, 6) is 0.720. The molecular weight excluding hydrogens is 436 g/mol. The number of phenols is 1. The van der Waals surface area contributed by atoms with Crippen molar-refractivity contribution in [2.45, 2.75) is 12.8 Å². The first-order valence-electron chi connectivity index (χ1n) is 11.4. The Kier molecular flexibility index (Phi) is 6.14. The van der Waals surface area contributed by atoms with Crippen molar-refractivity contribution in [2.75, 3.05) is 0 Å². The third kappa shape index (κ3) is 4.44. The standard InChI is InChI=1S/C30H24N2O3/c1-20-11-5-6-14-22(20)28-24-16-8-10-18-27(24)35-29(21-12-3-2-4-13-21)25(28)19-31-32-30(34)23-15-7-9-17-26(23)33/h2-19,28,33H,1H3,(H,32,34)/t28-/m1/s1. The average Bonchev–Trinajstić information content (AvgIpc) is 2.89. The fourth-order valence-electron chi connectivity index (χ4n) is 4.36. The molecule has 1 heterocycles. The van der Waals surface area contributed by atoms with Crippen LogP contribution in [-0.4, -0.2) is 17.2 Å². The average molecular weight is 461 g/mol. The summed E-state index contributed by atoms with van der Waals surface area (Å²) in [7, 11) is 0. The normalized spacial score (nSPS) is 14.9. The fourth-order valence-corrected chi connectivity index (χ4v) is 4.36. The molecule has 2 N–H and O–H groups in total. The number of para-hydroxylation sites is 2. The summed E-state index contributed by atoms with van der Waals surface area (Å²) in [5, 5.41) is 14.3. The van der Waals surface area contributed by atoms with Gasteiger partial charge in [-0.1, -0.05) is 84.9 Å². The molecule has 1 amide bonds. The number of aromatic hydroxyl groups is 1. The number of allylic oxidation sites excluding steroid dienone is 1. The number of nitrogens with zero attached hydrogens (tertiary/aromatic N) is 1. The van der Waals surface area contributed by atoms with Gasteiger partial charge >= 0.3 is 0 Å². The number of hydrogen-bond donors (Lipinski definition) is 2. The molecule has 0 radical (unpaired) electrons. The second-order valence-corrected chi connectivity index (χ2v) is 8.30. The molecule has 5 heteroatoms. The third-order valence-corrected chi connectivity index (χ3v) is 6.07. The minimum absolute atomic E-state index is 0.0999. The van der Waals surface area contributed by atoms with Gasteiger partial charge in [0.2, 0.25) is 0 Å². The van der Waals surface area contributed by atoms with Crippen molar-refractivity contribution >= 4 is 17.9 Å². The minimum atomic E-state index is -0.495. The van der Waals surface area contributed by atoms with E-state index in [9.17, 15) is 9.90 Å². The molecule has 0 unspecified atom stereocenters. The number of phenolic OH excluding ortho intramolecular Hbond substituents is 1. The van der Waals surface area contributed by atoms with Gasteiger partial charge in [-0.3, -0.25) is 4.79 Å². The molecule has 0 saturated heterocycles. The van der Waals surface area contributed by atoms with Gasteiger partial charge in [0.1, 0.15) is 17.3 Å². The van der Waals surface area contributed by atoms with E-state index in [1.54, 1.807) is 24.4 Å². The molecule has 5 rings (SSSR count). The first-order valence-corrected chi connectivity index (χ1v) is 11.4. The Morgan fingerprint density at radius 2 is 1.51 bits per heavy atom. The Balaban J connectivity index is 1.62. The zero-order valence-electron chi connectivity index (χ0n) is 19.2. The number of amides is 1. The maximum Gasteiger partial charge on any atom is 0.275 e. The minimum Gasteiger partial charge on any atom is -0.507 e. The lowest BCUT2D eigenvalue weighted by Crippen LogP contribution is -2.21. The molecule has 172 valence electrons. The lowest BCUT2D eigenvalue weighted by molar-refractivity contribution is 0.0952. The maximum absolute atomic E-state index is 12.6. The molecule has 0 fully saturated rings. The van der Waals surface area contributed by atoms with Crippen LogP contribution >= 0.6 is 0 Å². The van der Waals surface area contributed by atoms with E-state index >= 15 is 0 Å². The van der Waals surface area contributed by atoms with Crippen LogP contribution in [-0.2, 0) is 0 Å². The number of hydrogen-bond acceptors (Lipinski definition) is 4. The molecule has 0 aromatic heterocycles. The zero-order valence-corrected chi connectivity index (χ0v) is 19.2. The number of hydrazone groups is 1. The molecule has 0 spiro atoms. The van der Waals surface area contributed by atoms with Crippen LogP contribution in [0.3, 0.4) is 0 Å². The van der Waals surface area contributed by atoms with E-state index in [4.69, 9.17) is 4.74 Å². The highest BCUT2D eigenvalue weighted by molar-refractivity contribution is 5.98. The summed E-state index contributed by atoms with van der Waals surface area (Å²) in [4.78, 5) is 12.6. The molecule has 35 heavy (non-hydrogen) atoms. The number of carbonyl (C=O) groups is 1. The Morgan fingerprint density at radius 3 is 2.29 bits per heavy atom. The van der Waals surface area contributed by atoms with Crippen LogP contribution in [0, 0.1) is 6.92 Å². The lowest BCUT2D eigenvalue weighted by atomic mass is 9.80. The molecule has 4 aromatic rings. The summed E-state index contributed by atoms with van der Waals surface area (Å²) >= 11 is 0. The van der Waals surface area contributed by atoms with Crippen LogP contribution in [0.4, 0.5) is 0 Å². The number of carbonyl (C=O) groups excluding carboxylic acids is 1. The van der Waals surface area contributed by atoms with Crippen molar-refractivity contribution in [1.82, 2.24) is 5.43 Å². The molecule has 5 nitrogen and oxygen atoms in total. The number of aryl methyl sites for hydroxylation is 1. The topological polar surface area (TPSA) is 70.9 Å². The number of nitrogens with one attached hydrogen (secondary N) is 1. The summed E-state index contributed by atoms with van der Waals surface area (Å²) in [6.45, 7) is 2.09. The van der Waals surface area contributed by atoms with Crippen LogP contribution in [0.25, 0.3) is 5.76 Å². The van der Waals surface area contributed by atoms with E-state index in [0.717, 1.165) is 33.6 Å². The first kappa shape index (κ1) is 22.2. The van der Waals surface area contributed by atoms with Crippen molar-refractivity contribution in [3.63, 3.8) is 0 Å². The van der Waals surface area contributed by atoms with Gasteiger partial charge in [0.05, 0.1) is 11.8 Å². The van der Waals surface area contributed by atoms with E-state index in [2.05, 4.69) is 35.7 Å². The van der Waals surface area contributed by atoms with E-state index in [1.165, 1.54) is 6.07 Å². The molecular formula is C30H24N2O3. The van der Waals surface area contributed by atoms with Crippen LogP contribution in [0.5, 0.6) is 11.5 Å². The van der Waals surface area contributed by atoms with Gasteiger partial charge in [-0.2, -0.15) is 5.10 Å². The van der Waals surface area contributed by atoms with Gasteiger partial charge in [-0.15, -0.1) is 0 Å². The van der Waals surface area contributed by atoms with Crippen molar-refractivity contribution in [3.8, 4) is 11.5 Å². The Labute approximate surface area is 204 Å². The molecule has 1 aliphatic heterocycles. The fraction of sp³-hybridized carbons (Fsp3) is 0.0667. The van der Waals surface area contributed by atoms with Gasteiger partial charge < -0.3 is 9.84 Å². The van der Waals surface area contributed by atoms with E-state index in [1.807, 2.05) is 60.7 Å². The van der Waals surface area contributed by atoms with Gasteiger partial charge in [0.15, 0.2) is 0 Å². The van der Waals surface area contributed by atoms with E-state index in [-0.39, 0.29) is 17.2 Å². The molecule has 0 bridgehead atoms. The van der Waals surface area contributed by atoms with Crippen molar-refractivity contribution in [1.29, 1.82) is 0 Å². The summed E-state index contributed by atoms with van der Waals surface area (Å²) in [6, 6.07) is 32.5. The number of ether oxygens (including phenoxy) is 1. The third-order valence-electron chi connectivity index (χ3n) is 6.07. The van der Waals surface area contributed by atoms with Crippen LogP contribution in [0.1, 0.15) is 38.5 Å². The van der Waals surface area contributed by atoms with Crippen molar-refractivity contribution in [2.24, 2.45) is 5.10 Å². The van der Waals surface area contributed by atoms with Crippen LogP contribution < -0.4 is 10.2 Å². The first-order chi connectivity index (χ1) is 17.1. The summed E-state index contributed by atoms with van der Waals surface area (Å²) in [5.41, 5.74) is 7.74. The highest BCUT2D eigenvalue weighted by Gasteiger charge is 2.31. The molecule has 1 aliphatic rings. The van der Waals surface area contributed by atoms with Crippen molar-refractivity contribution in [3.05, 3.63) is 137 Å². The maximum atomic E-state index is 12.6. The molecule has 0 aliphatic carbocycles. The largest absolute Gasteiger partial charge is 0.507 e. The van der Waals surface area contributed by atoms with E-state index in [0.29, 0.717) is 5.76 Å². The highest BCUT2D eigenvalue weighted by atomic mass is 16.5. The van der Waals surface area contributed by atoms with Gasteiger partial charge in [-0.25, -0.2) is 5.43 Å². The molecule has 4 aromatic carbocycles. The Hall–Kier alpha value is -4.64. The van der Waals surface area contributed by atoms with Gasteiger partial charge in [0, 0.05) is 22.6 Å². The predicted molar refractivity (Wildman–Crippen MR) is 138 cm³/mol. The second kappa shape index (κ2) is 9.69. The monoisotopic (exact) mass is 460 g/mol. The van der Waals surface area contributed by atoms with Crippen LogP contribution in [0.2, 0.25) is 0 Å². The SMILES string of the molecule is Cc1ccccc1[C@H]1C(C=NNC(=O)c2ccccc2O)=C(c2ccccc2)Oc2ccccc21. The summed E-state index contributed by atoms with van der Waals surface area (Å²) < 4.78 is 6.42. The zero-order chi connectivity index (χ0) is 24.2. The molecule has 1 atom stereocenters. The quantitative estimate of drug-likeness (QED) is 0.281. The van der Waals surface area contributed by atoms with Gasteiger partial charge in [0.25, 0.3) is 5.91 Å². The van der Waals surface area contributed by atoms with E-state index < -0.39 is 5.91 Å². The number of rotatable bonds is 5. The number of benzene rings is 4. The van der Waals surface area contributed by atoms with Crippen LogP contribution in [0.15, 0.2) is 114 Å². The van der Waals surface area contributed by atoms with Gasteiger partial charge in [-0.05, 0) is 36.2 Å². The number of fused-ring (bicyclic) bond motifs is 1. The predicted octanol–water partition coefficient (Wildman–Crippen LogP) is 6.05. The Bertz CT molecular complexity index is 1440. The Morgan fingerprint density at radius 1 is 0.857 bits per heavy atom.